The first-order chi connectivity index (χ1) is 17.4. The van der Waals surface area contributed by atoms with Crippen LogP contribution in [0.25, 0.3) is 0 Å². The normalized spacial score (nSPS) is 12.6. The SMILES string of the molecule is CC[C@H](C)NC(=O)[C@@H](Cc1ccccc1)N(Cc1ccc(Cl)cc1)C(=O)CSCc1ccccc1C. The molecule has 1 N–H and O–H groups in total. The Bertz CT molecular complexity index is 1120. The van der Waals surface area contributed by atoms with E-state index in [0.29, 0.717) is 23.7 Å². The van der Waals surface area contributed by atoms with Gasteiger partial charge in [-0.1, -0.05) is 85.3 Å². The molecule has 3 aromatic rings. The van der Waals surface area contributed by atoms with Crippen LogP contribution >= 0.6 is 23.4 Å². The summed E-state index contributed by atoms with van der Waals surface area (Å²) in [6.45, 7) is 6.45. The van der Waals surface area contributed by atoms with Gasteiger partial charge in [0, 0.05) is 29.8 Å². The van der Waals surface area contributed by atoms with Gasteiger partial charge in [0.25, 0.3) is 0 Å². The van der Waals surface area contributed by atoms with Gasteiger partial charge in [-0.25, -0.2) is 0 Å². The molecule has 0 bridgehead atoms. The van der Waals surface area contributed by atoms with Crippen molar-refractivity contribution in [2.24, 2.45) is 0 Å². The van der Waals surface area contributed by atoms with Gasteiger partial charge in [0.2, 0.25) is 11.8 Å². The standard InChI is InChI=1S/C30H35ClN2O2S/c1-4-23(3)32-30(35)28(18-24-11-6-5-7-12-24)33(19-25-14-16-27(31)17-15-25)29(34)21-36-20-26-13-9-8-10-22(26)2/h5-17,23,28H,4,18-21H2,1-3H3,(H,32,35)/t23-,28+/m0/s1. The number of rotatable bonds is 12. The number of carbonyl (C=O) groups excluding carboxylic acids is 2. The van der Waals surface area contributed by atoms with E-state index in [2.05, 4.69) is 24.4 Å². The maximum atomic E-state index is 13.7. The second-order valence-electron chi connectivity index (χ2n) is 9.09. The summed E-state index contributed by atoms with van der Waals surface area (Å²) in [6.07, 6.45) is 1.27. The van der Waals surface area contributed by atoms with Crippen LogP contribution in [-0.4, -0.2) is 34.6 Å². The van der Waals surface area contributed by atoms with Crippen LogP contribution in [0.5, 0.6) is 0 Å². The number of hydrogen-bond acceptors (Lipinski definition) is 3. The molecule has 3 aromatic carbocycles. The molecule has 0 fully saturated rings. The summed E-state index contributed by atoms with van der Waals surface area (Å²) in [5, 5.41) is 3.75. The van der Waals surface area contributed by atoms with Gasteiger partial charge in [0.1, 0.15) is 6.04 Å². The molecular weight excluding hydrogens is 488 g/mol. The second-order valence-corrected chi connectivity index (χ2v) is 10.5. The fourth-order valence-electron chi connectivity index (χ4n) is 3.88. The van der Waals surface area contributed by atoms with Crippen molar-refractivity contribution in [2.45, 2.75) is 58.0 Å². The maximum Gasteiger partial charge on any atom is 0.243 e. The number of thioether (sulfide) groups is 1. The minimum atomic E-state index is -0.622. The van der Waals surface area contributed by atoms with Crippen LogP contribution in [0.2, 0.25) is 5.02 Å². The Morgan fingerprint density at radius 3 is 2.28 bits per heavy atom. The van der Waals surface area contributed by atoms with Gasteiger partial charge in [0.05, 0.1) is 5.75 Å². The van der Waals surface area contributed by atoms with Crippen molar-refractivity contribution in [2.75, 3.05) is 5.75 Å². The number of halogens is 1. The molecule has 0 radical (unpaired) electrons. The van der Waals surface area contributed by atoms with E-state index in [1.165, 1.54) is 11.1 Å². The van der Waals surface area contributed by atoms with Gasteiger partial charge in [-0.05, 0) is 54.7 Å². The summed E-state index contributed by atoms with van der Waals surface area (Å²) in [5.74, 6) is 0.864. The lowest BCUT2D eigenvalue weighted by molar-refractivity contribution is -0.139. The van der Waals surface area contributed by atoms with Crippen molar-refractivity contribution >= 4 is 35.2 Å². The zero-order valence-corrected chi connectivity index (χ0v) is 22.8. The number of nitrogens with zero attached hydrogens (tertiary/aromatic N) is 1. The fourth-order valence-corrected chi connectivity index (χ4v) is 5.00. The molecule has 2 atom stereocenters. The number of amides is 2. The fraction of sp³-hybridized carbons (Fsp3) is 0.333. The molecule has 0 heterocycles. The molecule has 2 amide bonds. The molecule has 0 spiro atoms. The minimum absolute atomic E-state index is 0.0266. The van der Waals surface area contributed by atoms with Crippen molar-refractivity contribution in [3.8, 4) is 0 Å². The van der Waals surface area contributed by atoms with E-state index in [9.17, 15) is 9.59 Å². The van der Waals surface area contributed by atoms with E-state index in [0.717, 1.165) is 23.3 Å². The molecule has 36 heavy (non-hydrogen) atoms. The van der Waals surface area contributed by atoms with Gasteiger partial charge in [0.15, 0.2) is 0 Å². The number of hydrogen-bond donors (Lipinski definition) is 1. The summed E-state index contributed by atoms with van der Waals surface area (Å²) in [7, 11) is 0. The predicted molar refractivity (Wildman–Crippen MR) is 151 cm³/mol. The third kappa shape index (κ3) is 8.42. The molecule has 4 nitrogen and oxygen atoms in total. The van der Waals surface area contributed by atoms with Crippen LogP contribution in [0, 0.1) is 6.92 Å². The first-order valence-electron chi connectivity index (χ1n) is 12.4. The Morgan fingerprint density at radius 2 is 1.61 bits per heavy atom. The predicted octanol–water partition coefficient (Wildman–Crippen LogP) is 6.44. The molecule has 6 heteroatoms. The smallest absolute Gasteiger partial charge is 0.243 e. The van der Waals surface area contributed by atoms with Gasteiger partial charge in [-0.3, -0.25) is 9.59 Å². The van der Waals surface area contributed by atoms with Crippen LogP contribution in [0.4, 0.5) is 0 Å². The van der Waals surface area contributed by atoms with E-state index in [1.54, 1.807) is 16.7 Å². The second kappa shape index (κ2) is 14.1. The lowest BCUT2D eigenvalue weighted by Crippen LogP contribution is -2.52. The molecular formula is C30H35ClN2O2S. The van der Waals surface area contributed by atoms with E-state index < -0.39 is 6.04 Å². The summed E-state index contributed by atoms with van der Waals surface area (Å²) in [5.41, 5.74) is 4.38. The first kappa shape index (κ1) is 27.8. The van der Waals surface area contributed by atoms with Crippen LogP contribution < -0.4 is 5.32 Å². The lowest BCUT2D eigenvalue weighted by atomic mass is 10.0. The quantitative estimate of drug-likeness (QED) is 0.298. The van der Waals surface area contributed by atoms with Crippen LogP contribution in [0.3, 0.4) is 0 Å². The van der Waals surface area contributed by atoms with Gasteiger partial charge >= 0.3 is 0 Å². The third-order valence-corrected chi connectivity index (χ3v) is 7.50. The summed E-state index contributed by atoms with van der Waals surface area (Å²) >= 11 is 7.68. The zero-order chi connectivity index (χ0) is 25.9. The highest BCUT2D eigenvalue weighted by molar-refractivity contribution is 7.99. The van der Waals surface area contributed by atoms with Gasteiger partial charge in [-0.15, -0.1) is 11.8 Å². The Hall–Kier alpha value is -2.76. The molecule has 0 unspecified atom stereocenters. The summed E-state index contributed by atoms with van der Waals surface area (Å²) in [6, 6.07) is 25.0. The number of carbonyl (C=O) groups is 2. The Labute approximate surface area is 224 Å². The van der Waals surface area contributed by atoms with Crippen molar-refractivity contribution in [1.82, 2.24) is 10.2 Å². The van der Waals surface area contributed by atoms with Crippen LogP contribution in [0.15, 0.2) is 78.9 Å². The van der Waals surface area contributed by atoms with Gasteiger partial charge < -0.3 is 10.2 Å². The van der Waals surface area contributed by atoms with E-state index in [-0.39, 0.29) is 17.9 Å². The zero-order valence-electron chi connectivity index (χ0n) is 21.2. The van der Waals surface area contributed by atoms with Crippen LogP contribution in [-0.2, 0) is 28.3 Å². The maximum absolute atomic E-state index is 13.7. The topological polar surface area (TPSA) is 49.4 Å². The first-order valence-corrected chi connectivity index (χ1v) is 13.9. The highest BCUT2D eigenvalue weighted by Crippen LogP contribution is 2.20. The third-order valence-electron chi connectivity index (χ3n) is 6.28. The minimum Gasteiger partial charge on any atom is -0.352 e. The Balaban J connectivity index is 1.85. The Kier molecular flexibility index (Phi) is 10.9. The molecule has 190 valence electrons. The summed E-state index contributed by atoms with van der Waals surface area (Å²) in [4.78, 5) is 28.9. The van der Waals surface area contributed by atoms with Crippen LogP contribution in [0.1, 0.15) is 42.5 Å². The Morgan fingerprint density at radius 1 is 0.944 bits per heavy atom. The average molecular weight is 523 g/mol. The lowest BCUT2D eigenvalue weighted by Gasteiger charge is -2.32. The molecule has 0 aliphatic heterocycles. The van der Waals surface area contributed by atoms with E-state index >= 15 is 0 Å². The molecule has 3 rings (SSSR count). The molecule has 0 saturated heterocycles. The molecule has 0 aliphatic carbocycles. The van der Waals surface area contributed by atoms with E-state index in [1.807, 2.05) is 80.6 Å². The van der Waals surface area contributed by atoms with Crippen molar-refractivity contribution in [3.63, 3.8) is 0 Å². The monoisotopic (exact) mass is 522 g/mol. The van der Waals surface area contributed by atoms with Crippen molar-refractivity contribution < 1.29 is 9.59 Å². The molecule has 0 saturated carbocycles. The molecule has 0 aromatic heterocycles. The number of aryl methyl sites for hydroxylation is 1. The highest BCUT2D eigenvalue weighted by Gasteiger charge is 2.30. The number of nitrogens with one attached hydrogen (secondary N) is 1. The summed E-state index contributed by atoms with van der Waals surface area (Å²) < 4.78 is 0. The van der Waals surface area contributed by atoms with Gasteiger partial charge in [-0.2, -0.15) is 0 Å². The highest BCUT2D eigenvalue weighted by atomic mass is 35.5. The average Bonchev–Trinajstić information content (AvgIpc) is 2.88. The van der Waals surface area contributed by atoms with Crippen molar-refractivity contribution in [3.05, 3.63) is 106 Å². The number of benzene rings is 3. The van der Waals surface area contributed by atoms with E-state index in [4.69, 9.17) is 11.6 Å². The molecule has 0 aliphatic rings. The van der Waals surface area contributed by atoms with Crippen molar-refractivity contribution in [1.29, 1.82) is 0 Å². The largest absolute Gasteiger partial charge is 0.352 e.